The summed E-state index contributed by atoms with van der Waals surface area (Å²) >= 11 is 0. The van der Waals surface area contributed by atoms with Crippen molar-refractivity contribution in [2.45, 2.75) is 77.0 Å². The van der Waals surface area contributed by atoms with Gasteiger partial charge in [-0.25, -0.2) is 9.13 Å². The molecule has 0 aromatic rings. The first-order valence-electron chi connectivity index (χ1n) is 8.98. The smallest absolute Gasteiger partial charge is 0.281 e. The Morgan fingerprint density at radius 3 is 0.800 bits per heavy atom. The molecular weight excluding hydrogens is 765 g/mol. The minimum atomic E-state index is -9.76. The van der Waals surface area contributed by atoms with Gasteiger partial charge < -0.3 is 0 Å². The minimum Gasteiger partial charge on any atom is -0.281 e. The highest BCUT2D eigenvalue weighted by atomic mass is 32.2. The Kier molecular flexibility index (Phi) is 9.78. The number of hydrogen-bond donors (Lipinski definition) is 1. The van der Waals surface area contributed by atoms with Crippen LogP contribution in [0.4, 0.5) is 119 Å². The predicted octanol–water partition coefficient (Wildman–Crippen LogP) is 7.95. The van der Waals surface area contributed by atoms with Crippen LogP contribution in [-0.2, 0) is 14.9 Å². The molecule has 0 atom stereocenters. The maximum atomic E-state index is 13.6. The van der Waals surface area contributed by atoms with Crippen molar-refractivity contribution < 1.29 is 136 Å². The van der Waals surface area contributed by atoms with Crippen LogP contribution in [0.1, 0.15) is 0 Å². The van der Waals surface area contributed by atoms with Crippen LogP contribution in [-0.4, -0.2) is 89.9 Å². The Labute approximate surface area is 224 Å². The van der Waals surface area contributed by atoms with Gasteiger partial charge in [0.2, 0.25) is 0 Å². The van der Waals surface area contributed by atoms with E-state index in [4.69, 9.17) is 4.55 Å². The second-order valence-corrected chi connectivity index (χ2v) is 9.27. The van der Waals surface area contributed by atoms with Gasteiger partial charge in [-0.2, -0.15) is 123 Å². The summed E-state index contributed by atoms with van der Waals surface area (Å²) in [5.74, 6) is -66.6. The molecule has 0 aliphatic carbocycles. The van der Waals surface area contributed by atoms with Crippen LogP contribution < -0.4 is 0 Å². The summed E-state index contributed by atoms with van der Waals surface area (Å²) in [7, 11) is -8.28. The molecule has 0 aliphatic heterocycles. The van der Waals surface area contributed by atoms with Crippen molar-refractivity contribution >= 4 is 10.1 Å². The molecule has 0 aromatic carbocycles. The molecule has 0 aliphatic rings. The fraction of sp³-hybridized carbons (Fsp3) is 1.00. The maximum absolute atomic E-state index is 13.6. The van der Waals surface area contributed by atoms with Gasteiger partial charge in [-0.05, 0) is 0 Å². The first-order chi connectivity index (χ1) is 18.7. The third kappa shape index (κ3) is 5.35. The highest BCUT2D eigenvalue weighted by molar-refractivity contribution is 7.87. The third-order valence-corrected chi connectivity index (χ3v) is 5.76. The van der Waals surface area contributed by atoms with Crippen LogP contribution in [0.15, 0.2) is 0 Å². The lowest BCUT2D eigenvalue weighted by atomic mass is 9.89. The molecule has 0 radical (unpaired) electrons. The van der Waals surface area contributed by atoms with Crippen molar-refractivity contribution in [2.75, 3.05) is 0 Å². The summed E-state index contributed by atoms with van der Waals surface area (Å²) in [6, 6.07) is 0. The molecule has 0 bridgehead atoms. The normalized spacial score (nSPS) is 17.2. The quantitative estimate of drug-likeness (QED) is 0.162. The Morgan fingerprint density at radius 2 is 0.578 bits per heavy atom. The Bertz CT molecular complexity index is 1190. The van der Waals surface area contributed by atoms with Gasteiger partial charge in [-0.15, -0.1) is 0 Å². The zero-order valence-corrected chi connectivity index (χ0v) is 19.6. The fourth-order valence-corrected chi connectivity index (χ4v) is 2.75. The summed E-state index contributed by atoms with van der Waals surface area (Å²) in [5, 5.41) is -8.26. The molecular formula is C13HF27O4S. The summed E-state index contributed by atoms with van der Waals surface area (Å²) < 4.78 is 383. The molecule has 4 nitrogen and oxygen atoms in total. The molecule has 0 aromatic heterocycles. The van der Waals surface area contributed by atoms with Crippen molar-refractivity contribution in [3.63, 3.8) is 0 Å². The van der Waals surface area contributed by atoms with Crippen LogP contribution in [0.5, 0.6) is 0 Å². The fourth-order valence-electron chi connectivity index (χ4n) is 2.30. The molecule has 0 saturated carbocycles. The van der Waals surface area contributed by atoms with Crippen molar-refractivity contribution in [3.8, 4) is 0 Å². The van der Waals surface area contributed by atoms with Crippen LogP contribution in [0, 0.1) is 0 Å². The SMILES string of the molecule is O=S(=O)(O)C(F)(F)C(F)(F)C(F)(F)C(F)(F)C(F)(F)C(F)(F)C(F)(F)C(F)(F)C(F)(F)OC(F)(F)C(F)(C(F)(F)F)C(F)(F)F. The number of alkyl halides is 27. The third-order valence-electron chi connectivity index (χ3n) is 4.86. The van der Waals surface area contributed by atoms with Gasteiger partial charge in [0.25, 0.3) is 0 Å². The minimum absolute atomic E-state index is 0.653. The predicted molar refractivity (Wildman–Crippen MR) is 78.1 cm³/mol. The van der Waals surface area contributed by atoms with Gasteiger partial charge in [-0.3, -0.25) is 4.55 Å². The van der Waals surface area contributed by atoms with Gasteiger partial charge in [0.15, 0.2) is 0 Å². The highest BCUT2D eigenvalue weighted by Gasteiger charge is 2.98. The second kappa shape index (κ2) is 10.2. The molecule has 45 heavy (non-hydrogen) atoms. The molecule has 0 unspecified atom stereocenters. The number of ether oxygens (including phenoxy) is 1. The van der Waals surface area contributed by atoms with E-state index in [1.165, 1.54) is 0 Å². The molecule has 0 spiro atoms. The average Bonchev–Trinajstić information content (AvgIpc) is 2.74. The van der Waals surface area contributed by atoms with E-state index in [9.17, 15) is 127 Å². The van der Waals surface area contributed by atoms with Crippen molar-refractivity contribution in [1.29, 1.82) is 0 Å². The molecule has 272 valence electrons. The van der Waals surface area contributed by atoms with Gasteiger partial charge in [0.05, 0.1) is 0 Å². The van der Waals surface area contributed by atoms with E-state index >= 15 is 0 Å². The number of rotatable bonds is 12. The van der Waals surface area contributed by atoms with Crippen molar-refractivity contribution in [3.05, 3.63) is 0 Å². The maximum Gasteiger partial charge on any atom is 0.440 e. The standard InChI is InChI=1S/C13HF27O4S/c14-1(9(29,30)31,10(32,33)34)11(35,36)44-12(37,38)7(25,26)5(21,22)3(17,18)2(15,16)4(19,20)6(23,24)8(27,28)13(39,40)45(41,42)43/h(H,41,42,43). The largest absolute Gasteiger partial charge is 0.440 e. The Morgan fingerprint density at radius 1 is 0.356 bits per heavy atom. The van der Waals surface area contributed by atoms with Crippen LogP contribution in [0.3, 0.4) is 0 Å². The van der Waals surface area contributed by atoms with E-state index < -0.39 is 87.1 Å². The highest BCUT2D eigenvalue weighted by Crippen LogP contribution is 2.66. The molecule has 32 heteroatoms. The summed E-state index contributed by atoms with van der Waals surface area (Å²) in [6.45, 7) is 0. The lowest BCUT2D eigenvalue weighted by molar-refractivity contribution is -0.528. The molecule has 1 N–H and O–H groups in total. The van der Waals surface area contributed by atoms with Crippen molar-refractivity contribution in [1.82, 2.24) is 0 Å². The van der Waals surface area contributed by atoms with E-state index in [1.807, 2.05) is 0 Å². The topological polar surface area (TPSA) is 63.6 Å². The summed E-state index contributed by atoms with van der Waals surface area (Å²) in [4.78, 5) is 0. The number of hydrogen-bond acceptors (Lipinski definition) is 3. The van der Waals surface area contributed by atoms with Crippen LogP contribution in [0.25, 0.3) is 0 Å². The zero-order valence-electron chi connectivity index (χ0n) is 18.8. The van der Waals surface area contributed by atoms with Gasteiger partial charge in [-0.1, -0.05) is 0 Å². The van der Waals surface area contributed by atoms with E-state index in [-0.39, 0.29) is 0 Å². The van der Waals surface area contributed by atoms with Gasteiger partial charge >= 0.3 is 87.1 Å². The lowest BCUT2D eigenvalue weighted by Crippen LogP contribution is -2.77. The lowest BCUT2D eigenvalue weighted by Gasteiger charge is -2.44. The van der Waals surface area contributed by atoms with Crippen molar-refractivity contribution in [2.24, 2.45) is 0 Å². The van der Waals surface area contributed by atoms with Crippen LogP contribution in [0.2, 0.25) is 0 Å². The monoisotopic (exact) mass is 766 g/mol. The summed E-state index contributed by atoms with van der Waals surface area (Å²) in [6.07, 6.45) is -34.7. The van der Waals surface area contributed by atoms with E-state index in [0.29, 0.717) is 4.74 Å². The molecule has 0 fully saturated rings. The Balaban J connectivity index is 7.38. The van der Waals surface area contributed by atoms with Gasteiger partial charge in [0, 0.05) is 0 Å². The first kappa shape index (κ1) is 43.0. The zero-order chi connectivity index (χ0) is 37.7. The second-order valence-electron chi connectivity index (χ2n) is 7.80. The van der Waals surface area contributed by atoms with E-state index in [0.717, 1.165) is 0 Å². The van der Waals surface area contributed by atoms with Crippen LogP contribution >= 0.6 is 0 Å². The average molecular weight is 766 g/mol. The Hall–Kier alpha value is -2.02. The number of halogens is 27. The first-order valence-corrected chi connectivity index (χ1v) is 10.4. The molecule has 0 saturated heterocycles. The van der Waals surface area contributed by atoms with E-state index in [2.05, 4.69) is 0 Å². The molecule has 0 amide bonds. The molecule has 0 rings (SSSR count). The van der Waals surface area contributed by atoms with Gasteiger partial charge in [0.1, 0.15) is 0 Å². The van der Waals surface area contributed by atoms with E-state index in [1.54, 1.807) is 0 Å². The molecule has 0 heterocycles. The summed E-state index contributed by atoms with van der Waals surface area (Å²) in [5.41, 5.74) is -8.76.